The fourth-order valence-corrected chi connectivity index (χ4v) is 1.03. The molecule has 0 aliphatic carbocycles. The molecule has 0 aromatic carbocycles. The lowest BCUT2D eigenvalue weighted by molar-refractivity contribution is -0.115. The van der Waals surface area contributed by atoms with Crippen molar-refractivity contribution in [3.63, 3.8) is 0 Å². The zero-order valence-electron chi connectivity index (χ0n) is 7.83. The van der Waals surface area contributed by atoms with E-state index in [0.29, 0.717) is 11.4 Å². The zero-order valence-corrected chi connectivity index (χ0v) is 8.64. The molecule has 1 atom stereocenters. The number of nitrogens with zero attached hydrogens (tertiary/aromatic N) is 1. The van der Waals surface area contributed by atoms with Gasteiger partial charge in [0.1, 0.15) is 5.69 Å². The highest BCUT2D eigenvalue weighted by molar-refractivity contribution is 7.99. The van der Waals surface area contributed by atoms with Crippen molar-refractivity contribution in [2.75, 3.05) is 11.6 Å². The number of aromatic nitrogens is 1. The third-order valence-corrected chi connectivity index (χ3v) is 2.65. The Kier molecular flexibility index (Phi) is 3.36. The predicted octanol–water partition coefficient (Wildman–Crippen LogP) is 1.67. The number of hydrogen-bond donors (Lipinski definition) is 1. The number of hydrogen-bond acceptors (Lipinski definition) is 4. The van der Waals surface area contributed by atoms with Gasteiger partial charge in [-0.25, -0.2) is 0 Å². The molecule has 1 heterocycles. The maximum absolute atomic E-state index is 11.4. The van der Waals surface area contributed by atoms with Crippen molar-refractivity contribution in [3.8, 4) is 0 Å². The summed E-state index contributed by atoms with van der Waals surface area (Å²) in [6.45, 7) is 3.61. The first-order valence-corrected chi connectivity index (χ1v) is 5.19. The number of carbonyl (C=O) groups excluding carboxylic acids is 1. The summed E-state index contributed by atoms with van der Waals surface area (Å²) < 4.78 is 4.81. The molecule has 0 fully saturated rings. The molecule has 13 heavy (non-hydrogen) atoms. The molecule has 72 valence electrons. The third kappa shape index (κ3) is 2.48. The third-order valence-electron chi connectivity index (χ3n) is 1.73. The summed E-state index contributed by atoms with van der Waals surface area (Å²) in [5.74, 6) is 0.598. The molecule has 0 spiro atoms. The molecule has 4 nitrogen and oxygen atoms in total. The van der Waals surface area contributed by atoms with Crippen molar-refractivity contribution >= 4 is 23.4 Å². The summed E-state index contributed by atoms with van der Waals surface area (Å²) in [5.41, 5.74) is 0.644. The van der Waals surface area contributed by atoms with Crippen LogP contribution in [-0.4, -0.2) is 22.6 Å². The number of anilines is 1. The maximum Gasteiger partial charge on any atom is 0.237 e. The minimum Gasteiger partial charge on any atom is -0.359 e. The van der Waals surface area contributed by atoms with E-state index in [1.165, 1.54) is 18.0 Å². The Hall–Kier alpha value is -0.970. The SMILES string of the molecule is CSC(C)C(=O)Nc1cnoc1C. The van der Waals surface area contributed by atoms with Gasteiger partial charge in [-0.05, 0) is 20.1 Å². The minimum absolute atomic E-state index is 0.0289. The van der Waals surface area contributed by atoms with Crippen LogP contribution in [0.4, 0.5) is 5.69 Å². The van der Waals surface area contributed by atoms with Crippen LogP contribution in [0, 0.1) is 6.92 Å². The second-order valence-corrected chi connectivity index (χ2v) is 3.84. The second kappa shape index (κ2) is 4.32. The van der Waals surface area contributed by atoms with Crippen LogP contribution in [-0.2, 0) is 4.79 Å². The van der Waals surface area contributed by atoms with E-state index in [0.717, 1.165) is 0 Å². The lowest BCUT2D eigenvalue weighted by Crippen LogP contribution is -2.22. The van der Waals surface area contributed by atoms with Gasteiger partial charge in [0.15, 0.2) is 5.76 Å². The van der Waals surface area contributed by atoms with Gasteiger partial charge in [-0.1, -0.05) is 5.16 Å². The smallest absolute Gasteiger partial charge is 0.237 e. The van der Waals surface area contributed by atoms with Crippen molar-refractivity contribution < 1.29 is 9.32 Å². The number of thioether (sulfide) groups is 1. The number of nitrogens with one attached hydrogen (secondary N) is 1. The summed E-state index contributed by atoms with van der Waals surface area (Å²) in [4.78, 5) is 11.4. The fourth-order valence-electron chi connectivity index (χ4n) is 0.760. The van der Waals surface area contributed by atoms with Gasteiger partial charge in [0, 0.05) is 0 Å². The summed E-state index contributed by atoms with van der Waals surface area (Å²) in [6.07, 6.45) is 3.39. The Bertz CT molecular complexity index is 298. The van der Waals surface area contributed by atoms with Crippen LogP contribution < -0.4 is 5.32 Å². The molecule has 1 aromatic heterocycles. The predicted molar refractivity (Wildman–Crippen MR) is 52.8 cm³/mol. The van der Waals surface area contributed by atoms with E-state index in [1.807, 2.05) is 13.2 Å². The molecule has 1 unspecified atom stereocenters. The summed E-state index contributed by atoms with van der Waals surface area (Å²) >= 11 is 1.50. The lowest BCUT2D eigenvalue weighted by Gasteiger charge is -2.07. The average molecular weight is 200 g/mol. The van der Waals surface area contributed by atoms with Crippen LogP contribution in [0.25, 0.3) is 0 Å². The number of carbonyl (C=O) groups is 1. The van der Waals surface area contributed by atoms with Crippen LogP contribution in [0.3, 0.4) is 0 Å². The molecular weight excluding hydrogens is 188 g/mol. The maximum atomic E-state index is 11.4. The van der Waals surface area contributed by atoms with Crippen LogP contribution in [0.15, 0.2) is 10.7 Å². The molecule has 1 aromatic rings. The molecule has 1 rings (SSSR count). The summed E-state index contributed by atoms with van der Waals surface area (Å²) in [5, 5.41) is 6.23. The highest BCUT2D eigenvalue weighted by Gasteiger charge is 2.13. The van der Waals surface area contributed by atoms with E-state index in [1.54, 1.807) is 6.92 Å². The largest absolute Gasteiger partial charge is 0.359 e. The normalized spacial score (nSPS) is 12.5. The van der Waals surface area contributed by atoms with E-state index in [9.17, 15) is 4.79 Å². The number of amides is 1. The van der Waals surface area contributed by atoms with Crippen LogP contribution in [0.1, 0.15) is 12.7 Å². The van der Waals surface area contributed by atoms with Gasteiger partial charge in [0.2, 0.25) is 5.91 Å². The van der Waals surface area contributed by atoms with Gasteiger partial charge in [0.05, 0.1) is 11.4 Å². The summed E-state index contributed by atoms with van der Waals surface area (Å²) in [6, 6.07) is 0. The number of rotatable bonds is 3. The molecular formula is C8H12N2O2S. The molecule has 0 bridgehead atoms. The van der Waals surface area contributed by atoms with Crippen LogP contribution >= 0.6 is 11.8 Å². The standard InChI is InChI=1S/C8H12N2O2S/c1-5-7(4-9-12-5)10-8(11)6(2)13-3/h4,6H,1-3H3,(H,10,11). The van der Waals surface area contributed by atoms with E-state index in [2.05, 4.69) is 10.5 Å². The van der Waals surface area contributed by atoms with Gasteiger partial charge < -0.3 is 9.84 Å². The van der Waals surface area contributed by atoms with Gasteiger partial charge in [0.25, 0.3) is 0 Å². The van der Waals surface area contributed by atoms with E-state index >= 15 is 0 Å². The van der Waals surface area contributed by atoms with Crippen LogP contribution in [0.2, 0.25) is 0 Å². The second-order valence-electron chi connectivity index (χ2n) is 2.66. The Balaban J connectivity index is 2.60. The summed E-state index contributed by atoms with van der Waals surface area (Å²) in [7, 11) is 0. The lowest BCUT2D eigenvalue weighted by atomic mass is 10.4. The number of aryl methyl sites for hydroxylation is 1. The molecule has 5 heteroatoms. The average Bonchev–Trinajstić information content (AvgIpc) is 2.50. The van der Waals surface area contributed by atoms with E-state index < -0.39 is 0 Å². The minimum atomic E-state index is -0.0608. The van der Waals surface area contributed by atoms with Crippen molar-refractivity contribution in [3.05, 3.63) is 12.0 Å². The first kappa shape index (κ1) is 10.1. The van der Waals surface area contributed by atoms with E-state index in [-0.39, 0.29) is 11.2 Å². The van der Waals surface area contributed by atoms with Crippen molar-refractivity contribution in [1.82, 2.24) is 5.16 Å². The Labute approximate surface area is 81.1 Å². The molecule has 0 aliphatic rings. The first-order valence-electron chi connectivity index (χ1n) is 3.90. The molecule has 0 radical (unpaired) electrons. The van der Waals surface area contributed by atoms with Crippen molar-refractivity contribution in [2.45, 2.75) is 19.1 Å². The Morgan fingerprint density at radius 3 is 2.92 bits per heavy atom. The van der Waals surface area contributed by atoms with Gasteiger partial charge in [-0.2, -0.15) is 11.8 Å². The van der Waals surface area contributed by atoms with Crippen molar-refractivity contribution in [2.24, 2.45) is 0 Å². The monoisotopic (exact) mass is 200 g/mol. The Morgan fingerprint density at radius 1 is 1.77 bits per heavy atom. The first-order chi connectivity index (χ1) is 6.15. The Morgan fingerprint density at radius 2 is 2.46 bits per heavy atom. The zero-order chi connectivity index (χ0) is 9.84. The van der Waals surface area contributed by atoms with Gasteiger partial charge >= 0.3 is 0 Å². The highest BCUT2D eigenvalue weighted by Crippen LogP contribution is 2.14. The molecule has 1 N–H and O–H groups in total. The fraction of sp³-hybridized carbons (Fsp3) is 0.500. The molecule has 0 aliphatic heterocycles. The highest BCUT2D eigenvalue weighted by atomic mass is 32.2. The topological polar surface area (TPSA) is 55.1 Å². The molecule has 1 amide bonds. The van der Waals surface area contributed by atoms with Gasteiger partial charge in [-0.3, -0.25) is 4.79 Å². The van der Waals surface area contributed by atoms with E-state index in [4.69, 9.17) is 4.52 Å². The van der Waals surface area contributed by atoms with Crippen molar-refractivity contribution in [1.29, 1.82) is 0 Å². The molecule has 0 saturated heterocycles. The van der Waals surface area contributed by atoms with Crippen LogP contribution in [0.5, 0.6) is 0 Å². The van der Waals surface area contributed by atoms with Gasteiger partial charge in [-0.15, -0.1) is 0 Å². The quantitative estimate of drug-likeness (QED) is 0.806. The molecule has 0 saturated carbocycles.